The molecule has 0 unspecified atom stereocenters. The number of amides is 1. The molecule has 2 rings (SSSR count). The maximum atomic E-state index is 11.1. The summed E-state index contributed by atoms with van der Waals surface area (Å²) in [5.41, 5.74) is 8.21. The number of fused-ring (bicyclic) bond motifs is 1. The van der Waals surface area contributed by atoms with Gasteiger partial charge in [-0.1, -0.05) is 5.11 Å². The lowest BCUT2D eigenvalue weighted by atomic mass is 10.1. The second-order valence-electron chi connectivity index (χ2n) is 2.89. The molecule has 0 bridgehead atoms. The average molecular weight is 198 g/mol. The van der Waals surface area contributed by atoms with Gasteiger partial charge in [0.1, 0.15) is 6.61 Å². The summed E-state index contributed by atoms with van der Waals surface area (Å²) in [7, 11) is 0. The Morgan fingerprint density at radius 2 is 2.36 bits per heavy atom. The molecular weight excluding hydrogens is 192 g/mol. The molecule has 0 aliphatic carbocycles. The third-order valence-corrected chi connectivity index (χ3v) is 2.09. The smallest absolute Gasteiger partial charge is 0.407 e. The maximum Gasteiger partial charge on any atom is 0.407 e. The molecule has 0 aromatic carbocycles. The fourth-order valence-corrected chi connectivity index (χ4v) is 1.46. The zero-order valence-electron chi connectivity index (χ0n) is 6.91. The molecule has 8 nitrogen and oxygen atoms in total. The molecule has 2 saturated heterocycles. The van der Waals surface area contributed by atoms with Gasteiger partial charge in [0.2, 0.25) is 0 Å². The van der Waals surface area contributed by atoms with Crippen molar-refractivity contribution < 1.29 is 19.1 Å². The Morgan fingerprint density at radius 1 is 1.57 bits per heavy atom. The van der Waals surface area contributed by atoms with Crippen LogP contribution in [0.1, 0.15) is 0 Å². The number of carbonyl (C=O) groups excluding carboxylic acids is 2. The third kappa shape index (κ3) is 1.21. The van der Waals surface area contributed by atoms with Crippen LogP contribution in [0, 0.1) is 0 Å². The molecule has 0 spiro atoms. The minimum atomic E-state index is -0.988. The highest BCUT2D eigenvalue weighted by atomic mass is 16.6. The van der Waals surface area contributed by atoms with E-state index < -0.39 is 30.3 Å². The molecule has 1 amide bonds. The number of carbonyl (C=O) groups is 2. The summed E-state index contributed by atoms with van der Waals surface area (Å²) in [5, 5.41) is 5.63. The van der Waals surface area contributed by atoms with Crippen LogP contribution in [0.25, 0.3) is 10.4 Å². The Morgan fingerprint density at radius 3 is 3.07 bits per heavy atom. The summed E-state index contributed by atoms with van der Waals surface area (Å²) in [6.45, 7) is -0.000309. The number of esters is 1. The van der Waals surface area contributed by atoms with Crippen LogP contribution in [0.5, 0.6) is 0 Å². The third-order valence-electron chi connectivity index (χ3n) is 2.09. The lowest BCUT2D eigenvalue weighted by molar-refractivity contribution is -0.143. The average Bonchev–Trinajstić information content (AvgIpc) is 2.45. The van der Waals surface area contributed by atoms with Gasteiger partial charge in [-0.25, -0.2) is 4.79 Å². The van der Waals surface area contributed by atoms with Gasteiger partial charge < -0.3 is 14.8 Å². The molecular formula is C6H6N4O4. The van der Waals surface area contributed by atoms with Crippen molar-refractivity contribution in [3.63, 3.8) is 0 Å². The van der Waals surface area contributed by atoms with E-state index in [1.807, 2.05) is 0 Å². The van der Waals surface area contributed by atoms with Gasteiger partial charge in [0.05, 0.1) is 6.04 Å². The fraction of sp³-hybridized carbons (Fsp3) is 0.667. The molecule has 0 saturated carbocycles. The van der Waals surface area contributed by atoms with E-state index >= 15 is 0 Å². The standard InChI is InChI=1S/C6H6N4O4/c7-10-9-4-3-2(14-5(4)11)1-13-6(12)8-3/h2-4H,1H2,(H,8,12)/t2-,3+,4+/m1/s1. The summed E-state index contributed by atoms with van der Waals surface area (Å²) in [4.78, 5) is 24.5. The summed E-state index contributed by atoms with van der Waals surface area (Å²) < 4.78 is 9.44. The van der Waals surface area contributed by atoms with Crippen LogP contribution in [0.15, 0.2) is 5.11 Å². The van der Waals surface area contributed by atoms with Crippen LogP contribution in [0.3, 0.4) is 0 Å². The number of rotatable bonds is 1. The maximum absolute atomic E-state index is 11.1. The van der Waals surface area contributed by atoms with Gasteiger partial charge in [-0.3, -0.25) is 4.79 Å². The molecule has 74 valence electrons. The molecule has 0 aromatic rings. The summed E-state index contributed by atoms with van der Waals surface area (Å²) in [6, 6.07) is -1.60. The van der Waals surface area contributed by atoms with E-state index in [0.717, 1.165) is 0 Å². The highest BCUT2D eigenvalue weighted by Crippen LogP contribution is 2.22. The number of cyclic esters (lactones) is 1. The van der Waals surface area contributed by atoms with E-state index in [4.69, 9.17) is 10.3 Å². The van der Waals surface area contributed by atoms with Crippen LogP contribution in [0.4, 0.5) is 4.79 Å². The lowest BCUT2D eigenvalue weighted by Gasteiger charge is -2.24. The van der Waals surface area contributed by atoms with Crippen molar-refractivity contribution in [1.82, 2.24) is 5.32 Å². The first kappa shape index (κ1) is 8.64. The van der Waals surface area contributed by atoms with Crippen LogP contribution in [0.2, 0.25) is 0 Å². The van der Waals surface area contributed by atoms with E-state index in [1.54, 1.807) is 0 Å². The number of hydrogen-bond donors (Lipinski definition) is 1. The predicted molar refractivity (Wildman–Crippen MR) is 41.1 cm³/mol. The molecule has 0 aromatic heterocycles. The van der Waals surface area contributed by atoms with Crippen molar-refractivity contribution in [3.05, 3.63) is 10.4 Å². The van der Waals surface area contributed by atoms with E-state index in [1.165, 1.54) is 0 Å². The number of azide groups is 1. The van der Waals surface area contributed by atoms with Crippen molar-refractivity contribution in [2.75, 3.05) is 6.61 Å². The largest absolute Gasteiger partial charge is 0.456 e. The Kier molecular flexibility index (Phi) is 1.90. The summed E-state index contributed by atoms with van der Waals surface area (Å²) in [6.07, 6.45) is -1.20. The van der Waals surface area contributed by atoms with Gasteiger partial charge in [0, 0.05) is 4.91 Å². The van der Waals surface area contributed by atoms with E-state index in [9.17, 15) is 9.59 Å². The molecule has 3 atom stereocenters. The molecule has 2 aliphatic rings. The first-order chi connectivity index (χ1) is 6.72. The monoisotopic (exact) mass is 198 g/mol. The minimum absolute atomic E-state index is 0.000309. The highest BCUT2D eigenvalue weighted by molar-refractivity contribution is 5.82. The van der Waals surface area contributed by atoms with E-state index in [2.05, 4.69) is 20.1 Å². The van der Waals surface area contributed by atoms with Crippen LogP contribution in [-0.2, 0) is 14.3 Å². The Hall–Kier alpha value is -1.95. The second-order valence-corrected chi connectivity index (χ2v) is 2.89. The molecule has 2 aliphatic heterocycles. The van der Waals surface area contributed by atoms with Crippen molar-refractivity contribution in [1.29, 1.82) is 0 Å². The van der Waals surface area contributed by atoms with Crippen molar-refractivity contribution >= 4 is 12.1 Å². The minimum Gasteiger partial charge on any atom is -0.456 e. The van der Waals surface area contributed by atoms with Crippen LogP contribution in [-0.4, -0.2) is 36.9 Å². The van der Waals surface area contributed by atoms with Gasteiger partial charge in [-0.2, -0.15) is 0 Å². The van der Waals surface area contributed by atoms with E-state index in [-0.39, 0.29) is 6.61 Å². The predicted octanol–water partition coefficient (Wildman–Crippen LogP) is -0.301. The molecule has 8 heteroatoms. The molecule has 1 N–H and O–H groups in total. The zero-order valence-corrected chi connectivity index (χ0v) is 6.91. The lowest BCUT2D eigenvalue weighted by Crippen LogP contribution is -2.52. The van der Waals surface area contributed by atoms with Crippen molar-refractivity contribution in [3.8, 4) is 0 Å². The highest BCUT2D eigenvalue weighted by Gasteiger charge is 2.48. The van der Waals surface area contributed by atoms with Crippen molar-refractivity contribution in [2.45, 2.75) is 18.2 Å². The summed E-state index contributed by atoms with van der Waals surface area (Å²) >= 11 is 0. The fourth-order valence-electron chi connectivity index (χ4n) is 1.46. The SMILES string of the molecule is [N-]=[N+]=N[C@@H]1C(=O)O[C@@H]2COC(=O)N[C@H]12. The quantitative estimate of drug-likeness (QED) is 0.269. The Balaban J connectivity index is 2.21. The number of nitrogens with one attached hydrogen (secondary N) is 1. The molecule has 14 heavy (non-hydrogen) atoms. The summed E-state index contributed by atoms with van der Waals surface area (Å²) in [5.74, 6) is -0.636. The first-order valence-corrected chi connectivity index (χ1v) is 3.90. The van der Waals surface area contributed by atoms with Gasteiger partial charge in [-0.15, -0.1) is 0 Å². The van der Waals surface area contributed by atoms with Crippen molar-refractivity contribution in [2.24, 2.45) is 5.11 Å². The normalized spacial score (nSPS) is 34.7. The Bertz CT molecular complexity index is 337. The number of hydrogen-bond acceptors (Lipinski definition) is 5. The number of alkyl carbamates (subject to hydrolysis) is 1. The Labute approximate surface area is 77.8 Å². The zero-order chi connectivity index (χ0) is 10.1. The number of ether oxygens (including phenoxy) is 2. The molecule has 0 radical (unpaired) electrons. The van der Waals surface area contributed by atoms with E-state index in [0.29, 0.717) is 0 Å². The molecule has 2 fully saturated rings. The van der Waals surface area contributed by atoms with Crippen LogP contribution >= 0.6 is 0 Å². The first-order valence-electron chi connectivity index (χ1n) is 3.90. The van der Waals surface area contributed by atoms with Gasteiger partial charge in [0.15, 0.2) is 12.1 Å². The topological polar surface area (TPSA) is 113 Å². The van der Waals surface area contributed by atoms with Gasteiger partial charge in [-0.05, 0) is 5.53 Å². The van der Waals surface area contributed by atoms with Crippen LogP contribution < -0.4 is 5.32 Å². The number of nitrogens with zero attached hydrogens (tertiary/aromatic N) is 3. The molecule has 2 heterocycles. The van der Waals surface area contributed by atoms with Gasteiger partial charge >= 0.3 is 12.1 Å². The van der Waals surface area contributed by atoms with Gasteiger partial charge in [0.25, 0.3) is 0 Å². The second kappa shape index (κ2) is 3.08.